The van der Waals surface area contributed by atoms with Gasteiger partial charge in [0.2, 0.25) is 0 Å². The molecule has 0 saturated carbocycles. The number of rotatable bonds is 0. The number of halogens is 1. The molecule has 0 aliphatic carbocycles. The van der Waals surface area contributed by atoms with E-state index in [0.29, 0.717) is 0 Å². The summed E-state index contributed by atoms with van der Waals surface area (Å²) < 4.78 is 1.18. The maximum absolute atomic E-state index is 3.86. The van der Waals surface area contributed by atoms with E-state index in [-0.39, 0.29) is 0 Å². The van der Waals surface area contributed by atoms with Crippen LogP contribution in [0.3, 0.4) is 0 Å². The molecule has 0 unspecified atom stereocenters. The van der Waals surface area contributed by atoms with E-state index in [1.165, 1.54) is 3.58 Å². The molecular formula is C5H6IN2. The van der Waals surface area contributed by atoms with Gasteiger partial charge in [0, 0.05) is 0 Å². The van der Waals surface area contributed by atoms with Crippen LogP contribution in [0, 0.1) is 0 Å². The fourth-order valence-corrected chi connectivity index (χ4v) is 0.715. The first-order valence-electron chi connectivity index (χ1n) is 2.34. The minimum Gasteiger partial charge on any atom is -0.154 e. The molecule has 3 heteroatoms. The van der Waals surface area contributed by atoms with Gasteiger partial charge in [-0.25, -0.2) is 0 Å². The van der Waals surface area contributed by atoms with Gasteiger partial charge in [-0.1, -0.05) is 0 Å². The molecule has 0 amide bonds. The van der Waals surface area contributed by atoms with Crippen molar-refractivity contribution >= 4 is 28.3 Å². The first-order valence-corrected chi connectivity index (χ1v) is 3.41. The van der Waals surface area contributed by atoms with Gasteiger partial charge in [0.25, 0.3) is 0 Å². The molecule has 0 bridgehead atoms. The van der Waals surface area contributed by atoms with Crippen molar-refractivity contribution in [3.8, 4) is 0 Å². The van der Waals surface area contributed by atoms with Crippen molar-refractivity contribution in [1.29, 1.82) is 0 Å². The van der Waals surface area contributed by atoms with E-state index in [1.54, 1.807) is 0 Å². The van der Waals surface area contributed by atoms with Crippen LogP contribution in [-0.4, -0.2) is 5.71 Å². The largest absolute Gasteiger partial charge is 0.154 e. The summed E-state index contributed by atoms with van der Waals surface area (Å²) in [5.41, 5.74) is 5.92. The summed E-state index contributed by atoms with van der Waals surface area (Å²) in [4.78, 5) is 0. The summed E-state index contributed by atoms with van der Waals surface area (Å²) in [5, 5.41) is 3.86. The molecule has 0 aromatic heterocycles. The van der Waals surface area contributed by atoms with E-state index in [1.807, 2.05) is 13.8 Å². The maximum atomic E-state index is 3.86. The Bertz CT molecular complexity index is 164. The summed E-state index contributed by atoms with van der Waals surface area (Å²) >= 11 is 2.24. The van der Waals surface area contributed by atoms with Crippen LogP contribution >= 0.6 is 22.6 Å². The zero-order valence-corrected chi connectivity index (χ0v) is 6.93. The molecule has 2 nitrogen and oxygen atoms in total. The van der Waals surface area contributed by atoms with Crippen LogP contribution in [0.2, 0.25) is 0 Å². The second-order valence-corrected chi connectivity index (χ2v) is 2.76. The first kappa shape index (κ1) is 6.07. The zero-order valence-electron chi connectivity index (χ0n) is 4.77. The number of allylic oxidation sites excluding steroid dienone is 2. The second-order valence-electron chi connectivity index (χ2n) is 1.68. The molecule has 43 valence electrons. The van der Waals surface area contributed by atoms with Crippen LogP contribution in [0.25, 0.3) is 0 Å². The van der Waals surface area contributed by atoms with Crippen molar-refractivity contribution in [3.05, 3.63) is 9.28 Å². The van der Waals surface area contributed by atoms with Gasteiger partial charge in [0.1, 0.15) is 0 Å². The molecule has 0 N–H and O–H groups in total. The summed E-state index contributed by atoms with van der Waals surface area (Å²) in [6, 6.07) is 0. The highest BCUT2D eigenvalue weighted by molar-refractivity contribution is 14.1. The Morgan fingerprint density at radius 1 is 1.38 bits per heavy atom. The molecular weight excluding hydrogens is 215 g/mol. The molecule has 1 aliphatic rings. The Kier molecular flexibility index (Phi) is 1.55. The number of hydrogen-bond donors (Lipinski definition) is 0. The highest BCUT2D eigenvalue weighted by Crippen LogP contribution is 2.17. The van der Waals surface area contributed by atoms with Crippen LogP contribution < -0.4 is 5.43 Å². The van der Waals surface area contributed by atoms with E-state index in [2.05, 4.69) is 33.1 Å². The molecule has 0 aromatic rings. The fourth-order valence-electron chi connectivity index (χ4n) is 0.500. The molecule has 1 heterocycles. The Labute approximate surface area is 62.2 Å². The lowest BCUT2D eigenvalue weighted by Crippen LogP contribution is -1.84. The lowest BCUT2D eigenvalue weighted by atomic mass is 10.4. The van der Waals surface area contributed by atoms with Gasteiger partial charge in [0.05, 0.1) is 15.0 Å². The third-order valence-corrected chi connectivity index (χ3v) is 2.55. The van der Waals surface area contributed by atoms with Crippen molar-refractivity contribution < 1.29 is 0 Å². The third kappa shape index (κ3) is 0.866. The van der Waals surface area contributed by atoms with E-state index < -0.39 is 0 Å². The van der Waals surface area contributed by atoms with E-state index in [4.69, 9.17) is 0 Å². The molecule has 1 rings (SSSR count). The highest BCUT2D eigenvalue weighted by Gasteiger charge is 2.09. The van der Waals surface area contributed by atoms with Crippen molar-refractivity contribution in [2.24, 2.45) is 5.10 Å². The second kappa shape index (κ2) is 2.05. The highest BCUT2D eigenvalue weighted by atomic mass is 127. The number of nitrogens with zero attached hydrogens (tertiary/aromatic N) is 2. The summed E-state index contributed by atoms with van der Waals surface area (Å²) in [6.07, 6.45) is 0. The van der Waals surface area contributed by atoms with Gasteiger partial charge in [-0.3, -0.25) is 0 Å². The lowest BCUT2D eigenvalue weighted by Gasteiger charge is -1.85. The summed E-state index contributed by atoms with van der Waals surface area (Å²) in [7, 11) is 0. The Balaban J connectivity index is 2.88. The van der Waals surface area contributed by atoms with Crippen molar-refractivity contribution in [2.75, 3.05) is 0 Å². The van der Waals surface area contributed by atoms with Gasteiger partial charge in [-0.05, 0) is 36.4 Å². The minimum atomic E-state index is 1.03. The minimum absolute atomic E-state index is 1.03. The van der Waals surface area contributed by atoms with E-state index in [0.717, 1.165) is 11.4 Å². The van der Waals surface area contributed by atoms with Crippen LogP contribution in [0.5, 0.6) is 0 Å². The molecule has 0 atom stereocenters. The molecule has 0 fully saturated rings. The standard InChI is InChI=1S/C5H6IN2/c1-3-5(6)4(2)8-7-3/h1-2H3. The zero-order chi connectivity index (χ0) is 6.15. The van der Waals surface area contributed by atoms with Gasteiger partial charge in [0.15, 0.2) is 0 Å². The number of hydrogen-bond acceptors (Lipinski definition) is 1. The Morgan fingerprint density at radius 2 is 2.00 bits per heavy atom. The van der Waals surface area contributed by atoms with Crippen molar-refractivity contribution in [1.82, 2.24) is 5.43 Å². The molecule has 0 aromatic carbocycles. The van der Waals surface area contributed by atoms with Gasteiger partial charge < -0.3 is 0 Å². The van der Waals surface area contributed by atoms with E-state index in [9.17, 15) is 0 Å². The van der Waals surface area contributed by atoms with Gasteiger partial charge in [-0.15, -0.1) is 0 Å². The lowest BCUT2D eigenvalue weighted by molar-refractivity contribution is 0.894. The SMILES string of the molecule is CC1=N[N]C(C)=C1I. The monoisotopic (exact) mass is 221 g/mol. The first-order chi connectivity index (χ1) is 3.72. The average molecular weight is 221 g/mol. The predicted molar refractivity (Wildman–Crippen MR) is 42.0 cm³/mol. The quantitative estimate of drug-likeness (QED) is 0.556. The fraction of sp³-hybridized carbons (Fsp3) is 0.400. The van der Waals surface area contributed by atoms with Crippen LogP contribution in [0.15, 0.2) is 14.4 Å². The van der Waals surface area contributed by atoms with E-state index >= 15 is 0 Å². The molecule has 1 radical (unpaired) electrons. The summed E-state index contributed by atoms with van der Waals surface area (Å²) in [5.74, 6) is 0. The smallest absolute Gasteiger partial charge is 0.0751 e. The topological polar surface area (TPSA) is 26.5 Å². The predicted octanol–water partition coefficient (Wildman–Crippen LogP) is 1.65. The maximum Gasteiger partial charge on any atom is 0.0751 e. The molecule has 0 spiro atoms. The van der Waals surface area contributed by atoms with Crippen LogP contribution in [0.1, 0.15) is 13.8 Å². The van der Waals surface area contributed by atoms with Gasteiger partial charge >= 0.3 is 0 Å². The molecule has 0 saturated heterocycles. The van der Waals surface area contributed by atoms with Crippen LogP contribution in [-0.2, 0) is 0 Å². The Hall–Kier alpha value is -0.0600. The van der Waals surface area contributed by atoms with Crippen molar-refractivity contribution in [3.63, 3.8) is 0 Å². The molecule has 1 aliphatic heterocycles. The van der Waals surface area contributed by atoms with Gasteiger partial charge in [-0.2, -0.15) is 10.5 Å². The molecule has 8 heavy (non-hydrogen) atoms. The third-order valence-electron chi connectivity index (χ3n) is 0.985. The van der Waals surface area contributed by atoms with Crippen molar-refractivity contribution in [2.45, 2.75) is 13.8 Å². The van der Waals surface area contributed by atoms with Crippen LogP contribution in [0.4, 0.5) is 0 Å². The Morgan fingerprint density at radius 3 is 2.12 bits per heavy atom. The normalized spacial score (nSPS) is 18.6. The average Bonchev–Trinajstić information content (AvgIpc) is 1.98. The summed E-state index contributed by atoms with van der Waals surface area (Å²) in [6.45, 7) is 3.92.